The molecule has 0 spiro atoms. The van der Waals surface area contributed by atoms with Gasteiger partial charge in [0, 0.05) is 5.92 Å². The zero-order valence-electron chi connectivity index (χ0n) is 9.93. The van der Waals surface area contributed by atoms with Crippen LogP contribution in [0.25, 0.3) is 0 Å². The van der Waals surface area contributed by atoms with Crippen molar-refractivity contribution in [3.8, 4) is 0 Å². The lowest BCUT2D eigenvalue weighted by atomic mass is 9.53. The van der Waals surface area contributed by atoms with E-state index in [0.717, 1.165) is 6.42 Å². The molecule has 3 aliphatic rings. The summed E-state index contributed by atoms with van der Waals surface area (Å²) in [4.78, 5) is 11.0. The van der Waals surface area contributed by atoms with Gasteiger partial charge in [-0.1, -0.05) is 23.8 Å². The number of carboxylic acid groups (broad SMARTS) is 1. The van der Waals surface area contributed by atoms with Gasteiger partial charge in [-0.05, 0) is 43.1 Å². The van der Waals surface area contributed by atoms with Crippen LogP contribution in [0.2, 0.25) is 0 Å². The molecule has 4 atom stereocenters. The van der Waals surface area contributed by atoms with Crippen LogP contribution in [0.15, 0.2) is 23.8 Å². The average Bonchev–Trinajstić information content (AvgIpc) is 2.51. The van der Waals surface area contributed by atoms with Gasteiger partial charge in [0.25, 0.3) is 0 Å². The van der Waals surface area contributed by atoms with Gasteiger partial charge < -0.3 is 10.8 Å². The molecule has 3 nitrogen and oxygen atoms in total. The van der Waals surface area contributed by atoms with E-state index in [1.165, 1.54) is 18.4 Å². The molecule has 3 N–H and O–H groups in total. The molecule has 0 aromatic heterocycles. The highest BCUT2D eigenvalue weighted by Crippen LogP contribution is 2.60. The van der Waals surface area contributed by atoms with Crippen molar-refractivity contribution in [2.75, 3.05) is 6.54 Å². The summed E-state index contributed by atoms with van der Waals surface area (Å²) >= 11 is 0. The van der Waals surface area contributed by atoms with E-state index in [1.807, 2.05) is 0 Å². The molecule has 0 heterocycles. The van der Waals surface area contributed by atoms with Crippen LogP contribution in [0.5, 0.6) is 0 Å². The summed E-state index contributed by atoms with van der Waals surface area (Å²) in [6.07, 6.45) is 10.4. The second-order valence-electron chi connectivity index (χ2n) is 5.84. The molecule has 1 saturated carbocycles. The van der Waals surface area contributed by atoms with Gasteiger partial charge in [0.2, 0.25) is 0 Å². The van der Waals surface area contributed by atoms with Crippen LogP contribution in [-0.4, -0.2) is 17.6 Å². The molecule has 1 unspecified atom stereocenters. The standard InChI is InChI=1S/C14H19NO2/c15-8-14(7-13(16)17)6-11-4-10(5-12(11)14)9-2-1-3-9/h1-2,5,9,11-12H,3-4,6-8,15H2,(H,16,17)/t9?,11-,12-,14-/m0/s1. The maximum atomic E-state index is 11.0. The summed E-state index contributed by atoms with van der Waals surface area (Å²) in [5.74, 6) is 1.02. The first-order chi connectivity index (χ1) is 8.14. The zero-order chi connectivity index (χ0) is 12.0. The Kier molecular flexibility index (Phi) is 2.40. The van der Waals surface area contributed by atoms with Crippen LogP contribution >= 0.6 is 0 Å². The fourth-order valence-electron chi connectivity index (χ4n) is 3.84. The Balaban J connectivity index is 1.76. The Morgan fingerprint density at radius 3 is 2.88 bits per heavy atom. The van der Waals surface area contributed by atoms with Gasteiger partial charge in [-0.3, -0.25) is 4.79 Å². The van der Waals surface area contributed by atoms with Crippen molar-refractivity contribution in [2.24, 2.45) is 28.9 Å². The normalized spacial score (nSPS) is 42.4. The number of carbonyl (C=O) groups is 1. The lowest BCUT2D eigenvalue weighted by Crippen LogP contribution is -2.51. The minimum atomic E-state index is -0.709. The minimum absolute atomic E-state index is 0.147. The third-order valence-electron chi connectivity index (χ3n) is 4.92. The van der Waals surface area contributed by atoms with E-state index in [0.29, 0.717) is 24.3 Å². The number of carboxylic acids is 1. The van der Waals surface area contributed by atoms with Gasteiger partial charge in [0.05, 0.1) is 6.42 Å². The van der Waals surface area contributed by atoms with Crippen molar-refractivity contribution >= 4 is 5.97 Å². The Morgan fingerprint density at radius 1 is 1.59 bits per heavy atom. The smallest absolute Gasteiger partial charge is 0.303 e. The first kappa shape index (κ1) is 11.0. The molecule has 3 aliphatic carbocycles. The van der Waals surface area contributed by atoms with Crippen molar-refractivity contribution in [3.63, 3.8) is 0 Å². The number of allylic oxidation sites excluding steroid dienone is 4. The van der Waals surface area contributed by atoms with Crippen LogP contribution in [0.1, 0.15) is 25.7 Å². The molecule has 1 fully saturated rings. The van der Waals surface area contributed by atoms with E-state index >= 15 is 0 Å². The molecule has 3 rings (SSSR count). The molecule has 0 radical (unpaired) electrons. The van der Waals surface area contributed by atoms with Crippen LogP contribution in [-0.2, 0) is 4.79 Å². The molecule has 3 heteroatoms. The molecular weight excluding hydrogens is 214 g/mol. The monoisotopic (exact) mass is 233 g/mol. The van der Waals surface area contributed by atoms with Crippen molar-refractivity contribution in [1.82, 2.24) is 0 Å². The topological polar surface area (TPSA) is 63.3 Å². The number of nitrogens with two attached hydrogens (primary N) is 1. The first-order valence-electron chi connectivity index (χ1n) is 6.44. The number of rotatable bonds is 4. The maximum Gasteiger partial charge on any atom is 0.303 e. The molecular formula is C14H19NO2. The quantitative estimate of drug-likeness (QED) is 0.729. The van der Waals surface area contributed by atoms with E-state index in [4.69, 9.17) is 10.8 Å². The number of hydrogen-bond acceptors (Lipinski definition) is 2. The predicted molar refractivity (Wildman–Crippen MR) is 65.3 cm³/mol. The average molecular weight is 233 g/mol. The molecule has 0 aromatic carbocycles. The van der Waals surface area contributed by atoms with Crippen molar-refractivity contribution in [3.05, 3.63) is 23.8 Å². The van der Waals surface area contributed by atoms with E-state index in [9.17, 15) is 4.79 Å². The predicted octanol–water partition coefficient (Wildman–Crippen LogP) is 1.95. The third kappa shape index (κ3) is 1.56. The van der Waals surface area contributed by atoms with Crippen LogP contribution in [0.3, 0.4) is 0 Å². The summed E-state index contributed by atoms with van der Waals surface area (Å²) in [5.41, 5.74) is 7.22. The molecule has 0 aromatic rings. The molecule has 17 heavy (non-hydrogen) atoms. The van der Waals surface area contributed by atoms with E-state index in [2.05, 4.69) is 18.2 Å². The molecule has 0 bridgehead atoms. The summed E-state index contributed by atoms with van der Waals surface area (Å²) in [6.45, 7) is 0.505. The minimum Gasteiger partial charge on any atom is -0.481 e. The van der Waals surface area contributed by atoms with Crippen molar-refractivity contribution in [2.45, 2.75) is 25.7 Å². The largest absolute Gasteiger partial charge is 0.481 e. The zero-order valence-corrected chi connectivity index (χ0v) is 9.93. The molecule has 0 aliphatic heterocycles. The number of hydrogen-bond donors (Lipinski definition) is 2. The molecule has 92 valence electrons. The van der Waals surface area contributed by atoms with Gasteiger partial charge in [-0.25, -0.2) is 0 Å². The third-order valence-corrected chi connectivity index (χ3v) is 4.92. The van der Waals surface area contributed by atoms with Gasteiger partial charge in [0.1, 0.15) is 0 Å². The number of fused-ring (bicyclic) bond motifs is 1. The maximum absolute atomic E-state index is 11.0. The second-order valence-corrected chi connectivity index (χ2v) is 5.84. The second kappa shape index (κ2) is 3.70. The Morgan fingerprint density at radius 2 is 2.35 bits per heavy atom. The van der Waals surface area contributed by atoms with Crippen LogP contribution < -0.4 is 5.73 Å². The Hall–Kier alpha value is -1.09. The van der Waals surface area contributed by atoms with Crippen molar-refractivity contribution < 1.29 is 9.90 Å². The molecule has 0 amide bonds. The fourth-order valence-corrected chi connectivity index (χ4v) is 3.84. The van der Waals surface area contributed by atoms with Crippen LogP contribution in [0.4, 0.5) is 0 Å². The SMILES string of the molecule is NC[C@@]1(CC(=O)O)C[C@@H]2CC(C3C=CC3)=C[C@@H]21. The van der Waals surface area contributed by atoms with Crippen molar-refractivity contribution in [1.29, 1.82) is 0 Å². The Labute approximate surface area is 101 Å². The Bertz CT molecular complexity index is 412. The summed E-state index contributed by atoms with van der Waals surface area (Å²) in [6, 6.07) is 0. The lowest BCUT2D eigenvalue weighted by Gasteiger charge is -2.51. The van der Waals surface area contributed by atoms with Gasteiger partial charge >= 0.3 is 5.97 Å². The highest BCUT2D eigenvalue weighted by atomic mass is 16.4. The fraction of sp³-hybridized carbons (Fsp3) is 0.643. The first-order valence-corrected chi connectivity index (χ1v) is 6.44. The van der Waals surface area contributed by atoms with E-state index in [-0.39, 0.29) is 11.8 Å². The highest BCUT2D eigenvalue weighted by molar-refractivity contribution is 5.68. The van der Waals surface area contributed by atoms with E-state index < -0.39 is 5.97 Å². The molecule has 0 saturated heterocycles. The van der Waals surface area contributed by atoms with Gasteiger partial charge in [-0.15, -0.1) is 0 Å². The number of aliphatic carboxylic acids is 1. The van der Waals surface area contributed by atoms with Gasteiger partial charge in [0.15, 0.2) is 0 Å². The summed E-state index contributed by atoms with van der Waals surface area (Å²) < 4.78 is 0. The van der Waals surface area contributed by atoms with Gasteiger partial charge in [-0.2, -0.15) is 0 Å². The summed E-state index contributed by atoms with van der Waals surface area (Å²) in [5, 5.41) is 9.01. The lowest BCUT2D eigenvalue weighted by molar-refractivity contribution is -0.144. The highest BCUT2D eigenvalue weighted by Gasteiger charge is 2.55. The van der Waals surface area contributed by atoms with E-state index in [1.54, 1.807) is 0 Å². The van der Waals surface area contributed by atoms with Crippen LogP contribution in [0, 0.1) is 23.2 Å². The summed E-state index contributed by atoms with van der Waals surface area (Å²) in [7, 11) is 0.